The number of rotatable bonds is 1. The summed E-state index contributed by atoms with van der Waals surface area (Å²) >= 11 is 0. The largest absolute Gasteiger partial charge is 0.507 e. The first-order valence-corrected chi connectivity index (χ1v) is 3.74. The molecule has 0 aromatic heterocycles. The van der Waals surface area contributed by atoms with E-state index in [0.29, 0.717) is 0 Å². The minimum Gasteiger partial charge on any atom is -0.507 e. The van der Waals surface area contributed by atoms with Gasteiger partial charge in [-0.15, -0.1) is 0 Å². The van der Waals surface area contributed by atoms with Gasteiger partial charge >= 0.3 is 0 Å². The SMILES string of the molecule is N#Cc1c(O)ccc(OP)c1C#N. The summed E-state index contributed by atoms with van der Waals surface area (Å²) in [5.41, 5.74) is -0.0278. The lowest BCUT2D eigenvalue weighted by molar-refractivity contribution is 0.472. The highest BCUT2D eigenvalue weighted by molar-refractivity contribution is 7.10. The van der Waals surface area contributed by atoms with Crippen LogP contribution in [0.25, 0.3) is 0 Å². The predicted octanol–water partition coefficient (Wildman–Crippen LogP) is 1.30. The molecule has 0 radical (unpaired) electrons. The number of hydrogen-bond acceptors (Lipinski definition) is 4. The lowest BCUT2D eigenvalue weighted by Crippen LogP contribution is -1.88. The van der Waals surface area contributed by atoms with Gasteiger partial charge in [-0.1, -0.05) is 0 Å². The Morgan fingerprint density at radius 1 is 1.23 bits per heavy atom. The Morgan fingerprint density at radius 2 is 1.85 bits per heavy atom. The quantitative estimate of drug-likeness (QED) is 0.680. The average molecular weight is 192 g/mol. The van der Waals surface area contributed by atoms with Crippen molar-refractivity contribution in [3.63, 3.8) is 0 Å². The van der Waals surface area contributed by atoms with Crippen LogP contribution in [0.4, 0.5) is 0 Å². The smallest absolute Gasteiger partial charge is 0.141 e. The molecule has 0 saturated heterocycles. The minimum atomic E-state index is -0.218. The normalized spacial score (nSPS) is 8.54. The Labute approximate surface area is 77.3 Å². The van der Waals surface area contributed by atoms with Crippen molar-refractivity contribution >= 4 is 9.47 Å². The van der Waals surface area contributed by atoms with Crippen LogP contribution in [0.2, 0.25) is 0 Å². The van der Waals surface area contributed by atoms with Crippen LogP contribution >= 0.6 is 9.47 Å². The third-order valence-electron chi connectivity index (χ3n) is 1.50. The molecule has 1 aromatic rings. The monoisotopic (exact) mass is 192 g/mol. The Balaban J connectivity index is 3.50. The van der Waals surface area contributed by atoms with Crippen molar-refractivity contribution in [3.8, 4) is 23.6 Å². The minimum absolute atomic E-state index is 0.0394. The fourth-order valence-corrected chi connectivity index (χ4v) is 1.09. The zero-order valence-corrected chi connectivity index (χ0v) is 7.64. The summed E-state index contributed by atoms with van der Waals surface area (Å²) in [6.45, 7) is 0. The topological polar surface area (TPSA) is 77.0 Å². The molecule has 4 nitrogen and oxygen atoms in total. The fraction of sp³-hybridized carbons (Fsp3) is 0. The number of nitriles is 2. The second kappa shape index (κ2) is 3.76. The highest BCUT2D eigenvalue weighted by atomic mass is 31.0. The van der Waals surface area contributed by atoms with Crippen molar-refractivity contribution in [1.29, 1.82) is 10.5 Å². The zero-order valence-electron chi connectivity index (χ0n) is 6.48. The average Bonchev–Trinajstić information content (AvgIpc) is 2.17. The lowest BCUT2D eigenvalue weighted by Gasteiger charge is -2.03. The highest BCUT2D eigenvalue weighted by Gasteiger charge is 2.12. The van der Waals surface area contributed by atoms with Gasteiger partial charge in [-0.3, -0.25) is 0 Å². The van der Waals surface area contributed by atoms with Gasteiger partial charge in [0.05, 0.1) is 9.47 Å². The molecule has 1 rings (SSSR count). The fourth-order valence-electron chi connectivity index (χ4n) is 0.895. The van der Waals surface area contributed by atoms with Crippen LogP contribution in [0.1, 0.15) is 11.1 Å². The van der Waals surface area contributed by atoms with Crippen molar-refractivity contribution < 1.29 is 9.63 Å². The summed E-state index contributed by atoms with van der Waals surface area (Å²) < 4.78 is 4.77. The van der Waals surface area contributed by atoms with E-state index >= 15 is 0 Å². The van der Waals surface area contributed by atoms with Gasteiger partial charge in [0.15, 0.2) is 0 Å². The third kappa shape index (κ3) is 1.54. The van der Waals surface area contributed by atoms with Gasteiger partial charge < -0.3 is 9.63 Å². The summed E-state index contributed by atoms with van der Waals surface area (Å²) in [7, 11) is 1.97. The number of benzene rings is 1. The standard InChI is InChI=1S/C8H5N2O2P/c9-3-5-6(4-10)8(12-13)2-1-7(5)11/h1-2,11H,13H2. The number of phenolic OH excluding ortho intramolecular Hbond substituents is 1. The van der Waals surface area contributed by atoms with E-state index in [-0.39, 0.29) is 22.6 Å². The van der Waals surface area contributed by atoms with Gasteiger partial charge in [-0.2, -0.15) is 10.5 Å². The van der Waals surface area contributed by atoms with E-state index in [4.69, 9.17) is 15.0 Å². The molecule has 0 heterocycles. The zero-order chi connectivity index (χ0) is 9.84. The predicted molar refractivity (Wildman–Crippen MR) is 47.9 cm³/mol. The molecule has 1 unspecified atom stereocenters. The Kier molecular flexibility index (Phi) is 2.69. The summed E-state index contributed by atoms with van der Waals surface area (Å²) in [5.74, 6) is 0.0340. The molecule has 1 N–H and O–H groups in total. The van der Waals surface area contributed by atoms with E-state index in [0.717, 1.165) is 0 Å². The van der Waals surface area contributed by atoms with Crippen LogP contribution in [0, 0.1) is 22.7 Å². The van der Waals surface area contributed by atoms with E-state index in [1.807, 2.05) is 9.47 Å². The van der Waals surface area contributed by atoms with Crippen LogP contribution in [0.15, 0.2) is 12.1 Å². The van der Waals surface area contributed by atoms with Crippen molar-refractivity contribution in [2.45, 2.75) is 0 Å². The summed E-state index contributed by atoms with van der Waals surface area (Å²) in [5, 5.41) is 26.5. The lowest BCUT2D eigenvalue weighted by atomic mass is 10.1. The van der Waals surface area contributed by atoms with Gasteiger partial charge in [0, 0.05) is 0 Å². The maximum absolute atomic E-state index is 9.21. The second-order valence-corrected chi connectivity index (χ2v) is 2.41. The van der Waals surface area contributed by atoms with Crippen molar-refractivity contribution in [2.75, 3.05) is 0 Å². The molecular weight excluding hydrogens is 187 g/mol. The Hall–Kier alpha value is -1.77. The van der Waals surface area contributed by atoms with Crippen LogP contribution in [0.5, 0.6) is 11.5 Å². The maximum Gasteiger partial charge on any atom is 0.141 e. The number of hydrogen-bond donors (Lipinski definition) is 1. The summed E-state index contributed by atoms with van der Waals surface area (Å²) in [6, 6.07) is 6.24. The molecule has 0 spiro atoms. The van der Waals surface area contributed by atoms with Crippen LogP contribution in [-0.2, 0) is 0 Å². The molecule has 1 atom stereocenters. The molecule has 0 fully saturated rings. The van der Waals surface area contributed by atoms with E-state index in [1.165, 1.54) is 12.1 Å². The van der Waals surface area contributed by atoms with E-state index < -0.39 is 0 Å². The molecule has 0 amide bonds. The van der Waals surface area contributed by atoms with Crippen LogP contribution < -0.4 is 4.52 Å². The molecule has 0 bridgehead atoms. The Bertz CT molecular complexity index is 417. The first kappa shape index (κ1) is 9.32. The van der Waals surface area contributed by atoms with Crippen molar-refractivity contribution in [3.05, 3.63) is 23.3 Å². The van der Waals surface area contributed by atoms with Gasteiger partial charge in [0.2, 0.25) is 0 Å². The highest BCUT2D eigenvalue weighted by Crippen LogP contribution is 2.29. The first-order chi connectivity index (χ1) is 6.24. The number of nitrogens with zero attached hydrogens (tertiary/aromatic N) is 2. The van der Waals surface area contributed by atoms with Crippen molar-refractivity contribution in [1.82, 2.24) is 0 Å². The van der Waals surface area contributed by atoms with Gasteiger partial charge in [0.1, 0.15) is 34.8 Å². The Morgan fingerprint density at radius 3 is 2.31 bits per heavy atom. The molecule has 0 aliphatic heterocycles. The summed E-state index contributed by atoms with van der Waals surface area (Å²) in [6.07, 6.45) is 0. The number of phenols is 1. The van der Waals surface area contributed by atoms with Crippen LogP contribution in [0.3, 0.4) is 0 Å². The van der Waals surface area contributed by atoms with Crippen LogP contribution in [-0.4, -0.2) is 5.11 Å². The molecule has 13 heavy (non-hydrogen) atoms. The molecular formula is C8H5N2O2P. The summed E-state index contributed by atoms with van der Waals surface area (Å²) in [4.78, 5) is 0. The first-order valence-electron chi connectivity index (χ1n) is 3.27. The maximum atomic E-state index is 9.21. The van der Waals surface area contributed by atoms with E-state index in [1.54, 1.807) is 12.1 Å². The molecule has 1 aromatic carbocycles. The van der Waals surface area contributed by atoms with E-state index in [2.05, 4.69) is 0 Å². The van der Waals surface area contributed by atoms with E-state index in [9.17, 15) is 5.11 Å². The van der Waals surface area contributed by atoms with Gasteiger partial charge in [-0.25, -0.2) is 0 Å². The van der Waals surface area contributed by atoms with Gasteiger partial charge in [0.25, 0.3) is 0 Å². The molecule has 5 heteroatoms. The van der Waals surface area contributed by atoms with Crippen molar-refractivity contribution in [2.24, 2.45) is 0 Å². The molecule has 0 saturated carbocycles. The number of aromatic hydroxyl groups is 1. The third-order valence-corrected chi connectivity index (χ3v) is 1.75. The molecule has 0 aliphatic rings. The molecule has 0 aliphatic carbocycles. The van der Waals surface area contributed by atoms with Gasteiger partial charge in [-0.05, 0) is 12.1 Å². The molecule has 64 valence electrons. The second-order valence-electron chi connectivity index (χ2n) is 2.17.